The molecule has 0 aliphatic carbocycles. The third-order valence-electron chi connectivity index (χ3n) is 1.91. The molecule has 0 aliphatic rings. The second kappa shape index (κ2) is 6.97. The molecule has 4 heteroatoms. The molecule has 0 radical (unpaired) electrons. The van der Waals surface area contributed by atoms with Crippen LogP contribution in [0.2, 0.25) is 0 Å². The number of aliphatic hydroxyl groups is 1. The molecule has 0 saturated heterocycles. The normalized spacial score (nSPS) is 12.1. The van der Waals surface area contributed by atoms with Crippen molar-refractivity contribution in [3.63, 3.8) is 0 Å². The highest BCUT2D eigenvalue weighted by Gasteiger charge is 2.25. The van der Waals surface area contributed by atoms with Crippen LogP contribution in [-0.2, 0) is 4.74 Å². The van der Waals surface area contributed by atoms with Gasteiger partial charge in [-0.15, -0.1) is 12.5 Å². The summed E-state index contributed by atoms with van der Waals surface area (Å²) in [5, 5.41) is 9.17. The van der Waals surface area contributed by atoms with Crippen LogP contribution in [0.15, 0.2) is 12.7 Å². The number of aliphatic hydroxyl groups excluding tert-OH is 1. The van der Waals surface area contributed by atoms with E-state index >= 15 is 0 Å². The average molecular weight is 239 g/mol. The molecule has 17 heavy (non-hydrogen) atoms. The summed E-state index contributed by atoms with van der Waals surface area (Å²) in [4.78, 5) is 13.3. The van der Waals surface area contributed by atoms with Crippen LogP contribution in [0.3, 0.4) is 0 Å². The fourth-order valence-electron chi connectivity index (χ4n) is 1.10. The highest BCUT2D eigenvalue weighted by molar-refractivity contribution is 5.69. The number of hydrogen-bond donors (Lipinski definition) is 1. The second-order valence-corrected chi connectivity index (χ2v) is 4.52. The van der Waals surface area contributed by atoms with Crippen molar-refractivity contribution in [2.45, 2.75) is 39.3 Å². The first-order chi connectivity index (χ1) is 7.85. The maximum absolute atomic E-state index is 11.9. The van der Waals surface area contributed by atoms with Gasteiger partial charge in [0.05, 0.1) is 19.2 Å². The fourth-order valence-corrected chi connectivity index (χ4v) is 1.10. The number of hydrogen-bond acceptors (Lipinski definition) is 3. The molecule has 0 fully saturated rings. The van der Waals surface area contributed by atoms with Crippen LogP contribution in [0, 0.1) is 11.8 Å². The molecule has 0 rings (SSSR count). The zero-order valence-corrected chi connectivity index (χ0v) is 11.0. The minimum atomic E-state index is -0.573. The molecule has 0 unspecified atom stereocenters. The van der Waals surface area contributed by atoms with Crippen molar-refractivity contribution < 1.29 is 14.6 Å². The molecule has 0 aromatic rings. The van der Waals surface area contributed by atoms with E-state index in [9.17, 15) is 9.90 Å². The lowest BCUT2D eigenvalue weighted by Crippen LogP contribution is -2.44. The van der Waals surface area contributed by atoms with Gasteiger partial charge in [0.15, 0.2) is 0 Å². The fraction of sp³-hybridized carbons (Fsp3) is 0.615. The zero-order valence-electron chi connectivity index (χ0n) is 11.0. The molecule has 0 aliphatic heterocycles. The van der Waals surface area contributed by atoms with Crippen LogP contribution in [0.5, 0.6) is 0 Å². The summed E-state index contributed by atoms with van der Waals surface area (Å²) < 4.78 is 5.24. The first-order valence-corrected chi connectivity index (χ1v) is 5.48. The summed E-state index contributed by atoms with van der Waals surface area (Å²) in [6.07, 6.45) is 1.00. The van der Waals surface area contributed by atoms with Gasteiger partial charge < -0.3 is 9.84 Å². The summed E-state index contributed by atoms with van der Waals surface area (Å²) in [5.41, 5.74) is -0.573. The van der Waals surface area contributed by atoms with Gasteiger partial charge in [-0.05, 0) is 27.7 Å². The van der Waals surface area contributed by atoms with Crippen LogP contribution in [0.1, 0.15) is 27.7 Å². The van der Waals surface area contributed by atoms with Crippen molar-refractivity contribution in [2.75, 3.05) is 13.2 Å². The smallest absolute Gasteiger partial charge is 0.411 e. The molecule has 0 saturated carbocycles. The van der Waals surface area contributed by atoms with Crippen molar-refractivity contribution in [1.82, 2.24) is 4.90 Å². The lowest BCUT2D eigenvalue weighted by Gasteiger charge is -2.29. The SMILES string of the molecule is C=C[C@@H](CO)N(CC#CC)C(=O)OC(C)(C)C. The third-order valence-corrected chi connectivity index (χ3v) is 1.91. The van der Waals surface area contributed by atoms with Gasteiger partial charge in [-0.1, -0.05) is 12.0 Å². The Labute approximate surface area is 103 Å². The van der Waals surface area contributed by atoms with E-state index in [1.165, 1.54) is 11.0 Å². The Bertz CT molecular complexity index is 320. The van der Waals surface area contributed by atoms with Gasteiger partial charge in [0.25, 0.3) is 0 Å². The van der Waals surface area contributed by atoms with Crippen LogP contribution < -0.4 is 0 Å². The zero-order chi connectivity index (χ0) is 13.5. The molecule has 4 nitrogen and oxygen atoms in total. The monoisotopic (exact) mass is 239 g/mol. The van der Waals surface area contributed by atoms with Gasteiger partial charge in [0.2, 0.25) is 0 Å². The van der Waals surface area contributed by atoms with Crippen LogP contribution in [0.25, 0.3) is 0 Å². The van der Waals surface area contributed by atoms with Crippen LogP contribution >= 0.6 is 0 Å². The molecule has 0 heterocycles. The van der Waals surface area contributed by atoms with Crippen molar-refractivity contribution in [3.8, 4) is 11.8 Å². The van der Waals surface area contributed by atoms with Gasteiger partial charge >= 0.3 is 6.09 Å². The van der Waals surface area contributed by atoms with E-state index < -0.39 is 17.7 Å². The minimum Gasteiger partial charge on any atom is -0.444 e. The Hall–Kier alpha value is -1.47. The standard InChI is InChI=1S/C13H21NO3/c1-6-8-9-14(11(7-2)10-15)12(16)17-13(3,4)5/h7,11,15H,2,9-10H2,1,3-5H3/t11-/m0/s1. The summed E-state index contributed by atoms with van der Waals surface area (Å²) in [5.74, 6) is 5.48. The maximum Gasteiger partial charge on any atom is 0.411 e. The highest BCUT2D eigenvalue weighted by atomic mass is 16.6. The van der Waals surface area contributed by atoms with E-state index in [0.717, 1.165) is 0 Å². The largest absolute Gasteiger partial charge is 0.444 e. The minimum absolute atomic E-state index is 0.200. The first-order valence-electron chi connectivity index (χ1n) is 5.48. The number of amides is 1. The number of rotatable bonds is 4. The molecule has 1 atom stereocenters. The molecule has 1 N–H and O–H groups in total. The van der Waals surface area contributed by atoms with Crippen molar-refractivity contribution >= 4 is 6.09 Å². The van der Waals surface area contributed by atoms with E-state index in [1.807, 2.05) is 0 Å². The van der Waals surface area contributed by atoms with Crippen molar-refractivity contribution in [1.29, 1.82) is 0 Å². The van der Waals surface area contributed by atoms with Gasteiger partial charge in [-0.25, -0.2) is 4.79 Å². The highest BCUT2D eigenvalue weighted by Crippen LogP contribution is 2.12. The quantitative estimate of drug-likeness (QED) is 0.601. The molecule has 0 aromatic carbocycles. The molecular formula is C13H21NO3. The van der Waals surface area contributed by atoms with E-state index in [0.29, 0.717) is 0 Å². The van der Waals surface area contributed by atoms with Crippen molar-refractivity contribution in [2.24, 2.45) is 0 Å². The summed E-state index contributed by atoms with van der Waals surface area (Å²) >= 11 is 0. The Balaban J connectivity index is 4.82. The topological polar surface area (TPSA) is 49.8 Å². The molecule has 0 spiro atoms. The second-order valence-electron chi connectivity index (χ2n) is 4.52. The van der Waals surface area contributed by atoms with Crippen LogP contribution in [-0.4, -0.2) is 40.9 Å². The molecule has 0 aromatic heterocycles. The molecule has 96 valence electrons. The van der Waals surface area contributed by atoms with Gasteiger partial charge in [-0.2, -0.15) is 0 Å². The maximum atomic E-state index is 11.9. The average Bonchev–Trinajstić information content (AvgIpc) is 2.21. The first kappa shape index (κ1) is 15.5. The lowest BCUT2D eigenvalue weighted by atomic mass is 10.2. The number of ether oxygens (including phenoxy) is 1. The number of carbonyl (C=O) groups excluding carboxylic acids is 1. The van der Waals surface area contributed by atoms with Crippen LogP contribution in [0.4, 0.5) is 4.79 Å². The lowest BCUT2D eigenvalue weighted by molar-refractivity contribution is 0.0181. The Morgan fingerprint density at radius 1 is 1.59 bits per heavy atom. The van der Waals surface area contributed by atoms with Gasteiger partial charge in [0.1, 0.15) is 5.60 Å². The van der Waals surface area contributed by atoms with E-state index in [4.69, 9.17) is 4.74 Å². The molecule has 0 bridgehead atoms. The van der Waals surface area contributed by atoms with E-state index in [1.54, 1.807) is 27.7 Å². The summed E-state index contributed by atoms with van der Waals surface area (Å²) in [6, 6.07) is -0.481. The third kappa shape index (κ3) is 5.98. The predicted octanol–water partition coefficient (Wildman–Crippen LogP) is 1.79. The Morgan fingerprint density at radius 3 is 2.53 bits per heavy atom. The predicted molar refractivity (Wildman–Crippen MR) is 67.5 cm³/mol. The van der Waals surface area contributed by atoms with E-state index in [2.05, 4.69) is 18.4 Å². The summed E-state index contributed by atoms with van der Waals surface area (Å²) in [6.45, 7) is 10.6. The molecular weight excluding hydrogens is 218 g/mol. The Morgan fingerprint density at radius 2 is 2.18 bits per heavy atom. The van der Waals surface area contributed by atoms with Crippen molar-refractivity contribution in [3.05, 3.63) is 12.7 Å². The Kier molecular flexibility index (Phi) is 6.37. The summed E-state index contributed by atoms with van der Waals surface area (Å²) in [7, 11) is 0. The van der Waals surface area contributed by atoms with Gasteiger partial charge in [-0.3, -0.25) is 4.90 Å². The van der Waals surface area contributed by atoms with E-state index in [-0.39, 0.29) is 13.2 Å². The van der Waals surface area contributed by atoms with Gasteiger partial charge in [0, 0.05) is 0 Å². The number of carbonyl (C=O) groups is 1. The molecule has 1 amide bonds. The number of nitrogens with zero attached hydrogens (tertiary/aromatic N) is 1.